The monoisotopic (exact) mass is 579 g/mol. The Balaban J connectivity index is 1.39. The largest absolute Gasteiger partial charge is 0.417 e. The normalized spacial score (nSPS) is 12.1. The van der Waals surface area contributed by atoms with Gasteiger partial charge in [0.15, 0.2) is 11.6 Å². The van der Waals surface area contributed by atoms with Crippen molar-refractivity contribution in [2.45, 2.75) is 32.6 Å². The summed E-state index contributed by atoms with van der Waals surface area (Å²) in [6, 6.07) is 12.0. The van der Waals surface area contributed by atoms with Crippen LogP contribution in [0, 0.1) is 11.6 Å². The molecule has 0 amide bonds. The summed E-state index contributed by atoms with van der Waals surface area (Å²) in [7, 11) is 0. The molecular weight excluding hydrogens is 553 g/mol. The molecule has 0 aliphatic carbocycles. The number of nitrogen functional groups attached to an aromatic ring is 1. The number of nitrogens with two attached hydrogens (primary N) is 1. The molecule has 0 aliphatic rings. The van der Waals surface area contributed by atoms with Crippen LogP contribution in [0.15, 0.2) is 73.3 Å². The highest BCUT2D eigenvalue weighted by Crippen LogP contribution is 2.34. The van der Waals surface area contributed by atoms with Gasteiger partial charge in [-0.05, 0) is 41.3 Å². The number of H-pyrrole nitrogens is 1. The fourth-order valence-electron chi connectivity index (χ4n) is 4.50. The standard InChI is InChI=1S/C30H26F5N7/c1-2-3-25(37-13-18-6-9-23(31)24(32)10-18)21-11-20(30(33,34)35)14-39-28(21)38-12-17-4-7-19(8-5-17)22-15-40-29-26(22)27(36)41-16-42-29/h3-11,14-16,37H,2,12-13H2,1H3,(H,38,39)(H3,36,40,41,42)/b25-3+. The fourth-order valence-corrected chi connectivity index (χ4v) is 4.50. The van der Waals surface area contributed by atoms with Gasteiger partial charge in [0.25, 0.3) is 0 Å². The lowest BCUT2D eigenvalue weighted by Gasteiger charge is -2.18. The molecule has 0 atom stereocenters. The number of nitrogens with one attached hydrogen (secondary N) is 3. The molecule has 0 saturated carbocycles. The summed E-state index contributed by atoms with van der Waals surface area (Å²) in [6.07, 6.45) is 1.57. The SMILES string of the molecule is CC/C=C(/NCc1ccc(F)c(F)c1)c1cc(C(F)(F)F)cnc1NCc1ccc(-c2c[nH]c3ncnc(N)c23)cc1. The van der Waals surface area contributed by atoms with Gasteiger partial charge in [-0.25, -0.2) is 23.7 Å². The van der Waals surface area contributed by atoms with Gasteiger partial charge in [-0.2, -0.15) is 13.2 Å². The van der Waals surface area contributed by atoms with Crippen molar-refractivity contribution in [3.63, 3.8) is 0 Å². The number of hydrogen-bond acceptors (Lipinski definition) is 6. The first-order chi connectivity index (χ1) is 20.1. The predicted octanol–water partition coefficient (Wildman–Crippen LogP) is 7.05. The van der Waals surface area contributed by atoms with Crippen LogP contribution in [0.2, 0.25) is 0 Å². The number of allylic oxidation sites excluding steroid dienone is 1. The average Bonchev–Trinajstić information content (AvgIpc) is 3.41. The maximum absolute atomic E-state index is 13.7. The van der Waals surface area contributed by atoms with E-state index in [1.807, 2.05) is 31.2 Å². The first kappa shape index (κ1) is 28.5. The molecule has 0 unspecified atom stereocenters. The van der Waals surface area contributed by atoms with Crippen molar-refractivity contribution >= 4 is 28.4 Å². The van der Waals surface area contributed by atoms with Crippen molar-refractivity contribution in [3.8, 4) is 11.1 Å². The number of alkyl halides is 3. The van der Waals surface area contributed by atoms with Crippen molar-refractivity contribution in [1.82, 2.24) is 25.3 Å². The molecule has 216 valence electrons. The number of aromatic nitrogens is 4. The number of rotatable bonds is 9. The van der Waals surface area contributed by atoms with Gasteiger partial charge in [-0.1, -0.05) is 43.3 Å². The molecule has 0 fully saturated rings. The van der Waals surface area contributed by atoms with Gasteiger partial charge in [-0.15, -0.1) is 0 Å². The summed E-state index contributed by atoms with van der Waals surface area (Å²) in [6.45, 7) is 2.17. The summed E-state index contributed by atoms with van der Waals surface area (Å²) in [5.74, 6) is -1.40. The Morgan fingerprint density at radius 1 is 0.952 bits per heavy atom. The van der Waals surface area contributed by atoms with E-state index >= 15 is 0 Å². The van der Waals surface area contributed by atoms with Gasteiger partial charge < -0.3 is 21.4 Å². The van der Waals surface area contributed by atoms with Crippen LogP contribution < -0.4 is 16.4 Å². The zero-order valence-corrected chi connectivity index (χ0v) is 22.4. The minimum absolute atomic E-state index is 0.0591. The van der Waals surface area contributed by atoms with Crippen LogP contribution in [-0.4, -0.2) is 19.9 Å². The number of aromatic amines is 1. The minimum atomic E-state index is -4.61. The van der Waals surface area contributed by atoms with E-state index in [2.05, 4.69) is 30.6 Å². The maximum atomic E-state index is 13.7. The molecule has 12 heteroatoms. The number of anilines is 2. The number of benzene rings is 2. The molecule has 5 N–H and O–H groups in total. The Bertz CT molecular complexity index is 1740. The summed E-state index contributed by atoms with van der Waals surface area (Å²) in [5.41, 5.74) is 9.33. The molecule has 0 aliphatic heterocycles. The van der Waals surface area contributed by atoms with Crippen LogP contribution in [0.25, 0.3) is 27.9 Å². The van der Waals surface area contributed by atoms with E-state index in [0.29, 0.717) is 34.5 Å². The highest BCUT2D eigenvalue weighted by Gasteiger charge is 2.32. The third-order valence-corrected chi connectivity index (χ3v) is 6.60. The number of halogens is 5. The number of nitrogens with zero attached hydrogens (tertiary/aromatic N) is 3. The predicted molar refractivity (Wildman–Crippen MR) is 152 cm³/mol. The number of fused-ring (bicyclic) bond motifs is 1. The second-order valence-corrected chi connectivity index (χ2v) is 9.48. The van der Waals surface area contributed by atoms with Crippen molar-refractivity contribution < 1.29 is 22.0 Å². The molecule has 0 spiro atoms. The smallest absolute Gasteiger partial charge is 0.383 e. The Morgan fingerprint density at radius 2 is 1.71 bits per heavy atom. The summed E-state index contributed by atoms with van der Waals surface area (Å²) in [4.78, 5) is 15.4. The average molecular weight is 580 g/mol. The molecule has 0 saturated heterocycles. The molecule has 7 nitrogen and oxygen atoms in total. The van der Waals surface area contributed by atoms with Crippen molar-refractivity contribution in [2.24, 2.45) is 0 Å². The van der Waals surface area contributed by atoms with Crippen LogP contribution in [0.4, 0.5) is 33.6 Å². The maximum Gasteiger partial charge on any atom is 0.417 e. The molecule has 3 heterocycles. The highest BCUT2D eigenvalue weighted by atomic mass is 19.4. The van der Waals surface area contributed by atoms with Crippen LogP contribution >= 0.6 is 0 Å². The van der Waals surface area contributed by atoms with E-state index in [4.69, 9.17) is 5.73 Å². The van der Waals surface area contributed by atoms with E-state index in [1.54, 1.807) is 12.3 Å². The molecule has 0 bridgehead atoms. The van der Waals surface area contributed by atoms with Crippen LogP contribution in [-0.2, 0) is 19.3 Å². The first-order valence-corrected chi connectivity index (χ1v) is 13.0. The highest BCUT2D eigenvalue weighted by molar-refractivity contribution is 6.00. The van der Waals surface area contributed by atoms with Crippen LogP contribution in [0.1, 0.15) is 35.6 Å². The summed E-state index contributed by atoms with van der Waals surface area (Å²) < 4.78 is 67.9. The van der Waals surface area contributed by atoms with E-state index in [1.165, 1.54) is 12.4 Å². The molecule has 3 aromatic heterocycles. The second kappa shape index (κ2) is 11.9. The third kappa shape index (κ3) is 6.17. The first-order valence-electron chi connectivity index (χ1n) is 13.0. The second-order valence-electron chi connectivity index (χ2n) is 9.48. The zero-order valence-electron chi connectivity index (χ0n) is 22.4. The van der Waals surface area contributed by atoms with Crippen LogP contribution in [0.5, 0.6) is 0 Å². The lowest BCUT2D eigenvalue weighted by Crippen LogP contribution is -2.16. The number of hydrogen-bond donors (Lipinski definition) is 4. The van der Waals surface area contributed by atoms with Gasteiger partial charge in [0.05, 0.1) is 10.9 Å². The van der Waals surface area contributed by atoms with Crippen molar-refractivity contribution in [1.29, 1.82) is 0 Å². The van der Waals surface area contributed by atoms with E-state index in [9.17, 15) is 22.0 Å². The third-order valence-electron chi connectivity index (χ3n) is 6.60. The van der Waals surface area contributed by atoms with E-state index < -0.39 is 23.4 Å². The molecule has 5 aromatic rings. The van der Waals surface area contributed by atoms with E-state index in [0.717, 1.165) is 41.1 Å². The summed E-state index contributed by atoms with van der Waals surface area (Å²) >= 11 is 0. The number of pyridine rings is 1. The van der Waals surface area contributed by atoms with Gasteiger partial charge in [0.1, 0.15) is 23.6 Å². The molecule has 5 rings (SSSR count). The van der Waals surface area contributed by atoms with Gasteiger partial charge in [0, 0.05) is 42.3 Å². The van der Waals surface area contributed by atoms with Crippen molar-refractivity contribution in [2.75, 3.05) is 11.1 Å². The Morgan fingerprint density at radius 3 is 2.43 bits per heavy atom. The molecule has 2 aromatic carbocycles. The Labute approximate surface area is 237 Å². The summed E-state index contributed by atoms with van der Waals surface area (Å²) in [5, 5.41) is 6.92. The Hall–Kier alpha value is -5.00. The zero-order chi connectivity index (χ0) is 29.9. The lowest BCUT2D eigenvalue weighted by molar-refractivity contribution is -0.137. The molecule has 42 heavy (non-hydrogen) atoms. The Kier molecular flexibility index (Phi) is 8.05. The van der Waals surface area contributed by atoms with Gasteiger partial charge in [0.2, 0.25) is 0 Å². The lowest BCUT2D eigenvalue weighted by atomic mass is 10.0. The van der Waals surface area contributed by atoms with Crippen LogP contribution in [0.3, 0.4) is 0 Å². The minimum Gasteiger partial charge on any atom is -0.383 e. The van der Waals surface area contributed by atoms with E-state index in [-0.39, 0.29) is 24.5 Å². The molecular formula is C30H26F5N7. The molecule has 0 radical (unpaired) electrons. The van der Waals surface area contributed by atoms with Gasteiger partial charge >= 0.3 is 6.18 Å². The van der Waals surface area contributed by atoms with Gasteiger partial charge in [-0.3, -0.25) is 0 Å². The van der Waals surface area contributed by atoms with Crippen molar-refractivity contribution in [3.05, 3.63) is 107 Å². The topological polar surface area (TPSA) is 105 Å². The quantitative estimate of drug-likeness (QED) is 0.140. The fraction of sp³-hybridized carbons (Fsp3) is 0.167.